The average Bonchev–Trinajstić information content (AvgIpc) is 3.49. The first-order chi connectivity index (χ1) is 19.3. The van der Waals surface area contributed by atoms with Gasteiger partial charge in [0.1, 0.15) is 0 Å². The predicted molar refractivity (Wildman–Crippen MR) is 162 cm³/mol. The van der Waals surface area contributed by atoms with E-state index in [1.165, 1.54) is 16.5 Å². The van der Waals surface area contributed by atoms with Gasteiger partial charge in [-0.15, -0.1) is 47.8 Å². The molecular formula is C34H31N5OPt. The zero-order chi connectivity index (χ0) is 27.6. The third-order valence-corrected chi connectivity index (χ3v) is 8.15. The third kappa shape index (κ3) is 4.60. The van der Waals surface area contributed by atoms with Crippen molar-refractivity contribution in [2.45, 2.75) is 19.4 Å². The first-order valence-corrected chi connectivity index (χ1v) is 13.4. The van der Waals surface area contributed by atoms with Crippen molar-refractivity contribution in [1.29, 1.82) is 0 Å². The van der Waals surface area contributed by atoms with Crippen molar-refractivity contribution >= 4 is 39.3 Å². The fourth-order valence-electron chi connectivity index (χ4n) is 5.61. The summed E-state index contributed by atoms with van der Waals surface area (Å²) in [5.74, 6) is 1.27. The van der Waals surface area contributed by atoms with Gasteiger partial charge in [-0.2, -0.15) is 25.5 Å². The van der Waals surface area contributed by atoms with Gasteiger partial charge in [-0.05, 0) is 57.8 Å². The maximum Gasteiger partial charge on any atom is 4.00 e. The Balaban J connectivity index is 0.00000302. The Morgan fingerprint density at radius 1 is 0.707 bits per heavy atom. The van der Waals surface area contributed by atoms with Crippen LogP contribution in [0.25, 0.3) is 10.9 Å². The summed E-state index contributed by atoms with van der Waals surface area (Å²) in [5.41, 5.74) is 7.59. The van der Waals surface area contributed by atoms with E-state index in [-0.39, 0.29) is 26.6 Å². The Kier molecular flexibility index (Phi) is 6.87. The molecule has 0 fully saturated rings. The van der Waals surface area contributed by atoms with E-state index in [0.29, 0.717) is 11.5 Å². The molecule has 1 aromatic heterocycles. The molecule has 0 atom stereocenters. The Labute approximate surface area is 256 Å². The maximum absolute atomic E-state index is 6.33. The largest absolute Gasteiger partial charge is 4.00 e. The van der Waals surface area contributed by atoms with E-state index >= 15 is 0 Å². The minimum absolute atomic E-state index is 0. The minimum Gasteiger partial charge on any atom is -0.509 e. The van der Waals surface area contributed by atoms with Crippen LogP contribution in [0.2, 0.25) is 0 Å². The van der Waals surface area contributed by atoms with Crippen molar-refractivity contribution in [2.24, 2.45) is 7.05 Å². The van der Waals surface area contributed by atoms with Crippen LogP contribution < -0.4 is 19.4 Å². The standard InChI is InChI=1S/C34H31N5O.Pt/c1-34(2)29-14-6-7-15-30(29)39(23-37(34)5)26-11-9-13-28(20-26)40-27-12-8-10-25(19-27)38-22-36(4)32-18-24-16-17-35(3)31(24)21-33(32)38;/h6-18,21-23H,1-5H3;/q-4;+4. The van der Waals surface area contributed by atoms with E-state index in [4.69, 9.17) is 4.74 Å². The molecule has 7 rings (SSSR count). The van der Waals surface area contributed by atoms with Crippen molar-refractivity contribution < 1.29 is 25.8 Å². The first kappa shape index (κ1) is 27.4. The Bertz CT molecular complexity index is 1740. The minimum atomic E-state index is -0.109. The maximum atomic E-state index is 6.33. The van der Waals surface area contributed by atoms with Crippen LogP contribution in [0.1, 0.15) is 19.4 Å². The molecule has 0 bridgehead atoms. The number of nitrogens with zero attached hydrogens (tertiary/aromatic N) is 5. The number of rotatable bonds is 4. The normalized spacial score (nSPS) is 16.0. The van der Waals surface area contributed by atoms with Gasteiger partial charge in [0.2, 0.25) is 0 Å². The van der Waals surface area contributed by atoms with Crippen molar-refractivity contribution in [3.63, 3.8) is 0 Å². The molecule has 0 N–H and O–H groups in total. The molecule has 41 heavy (non-hydrogen) atoms. The summed E-state index contributed by atoms with van der Waals surface area (Å²) in [4.78, 5) is 8.71. The number of ether oxygens (including phenoxy) is 1. The molecule has 0 saturated heterocycles. The first-order valence-electron chi connectivity index (χ1n) is 13.4. The quantitative estimate of drug-likeness (QED) is 0.178. The molecule has 0 saturated carbocycles. The van der Waals surface area contributed by atoms with Crippen LogP contribution >= 0.6 is 0 Å². The van der Waals surface area contributed by atoms with Crippen molar-refractivity contribution in [2.75, 3.05) is 28.8 Å². The van der Waals surface area contributed by atoms with Gasteiger partial charge in [0, 0.05) is 58.2 Å². The van der Waals surface area contributed by atoms with Gasteiger partial charge in [-0.25, -0.2) is 0 Å². The molecule has 3 heterocycles. The van der Waals surface area contributed by atoms with Gasteiger partial charge < -0.3 is 28.9 Å². The molecule has 2 aliphatic rings. The van der Waals surface area contributed by atoms with Gasteiger partial charge >= 0.3 is 21.1 Å². The third-order valence-electron chi connectivity index (χ3n) is 8.15. The molecule has 6 nitrogen and oxygen atoms in total. The summed E-state index contributed by atoms with van der Waals surface area (Å²) in [6.45, 7) is 8.70. The second kappa shape index (κ2) is 10.3. The van der Waals surface area contributed by atoms with Crippen LogP contribution in [0, 0.1) is 25.5 Å². The molecule has 0 amide bonds. The van der Waals surface area contributed by atoms with Gasteiger partial charge in [-0.3, -0.25) is 0 Å². The van der Waals surface area contributed by atoms with E-state index in [0.717, 1.165) is 28.4 Å². The number of fused-ring (bicyclic) bond motifs is 3. The van der Waals surface area contributed by atoms with Crippen molar-refractivity contribution in [3.8, 4) is 11.5 Å². The molecule has 0 spiro atoms. The molecule has 208 valence electrons. The Morgan fingerprint density at radius 2 is 1.37 bits per heavy atom. The SMILES string of the molecule is CN1[CH-]N(c2[c-]c(Oc3[c-]c(N4[CH-]N(C)C(C)(C)c5ccccc54)ccc3)ccc2)c2cc3c(ccn3C)cc21.[Pt+4]. The second-order valence-corrected chi connectivity index (χ2v) is 11.0. The number of hydrogen-bond acceptors (Lipinski definition) is 5. The van der Waals surface area contributed by atoms with Gasteiger partial charge in [0.05, 0.1) is 0 Å². The number of aryl methyl sites for hydroxylation is 1. The topological polar surface area (TPSA) is 27.1 Å². The second-order valence-electron chi connectivity index (χ2n) is 11.0. The molecule has 5 aromatic rings. The molecule has 0 radical (unpaired) electrons. The molecule has 7 heteroatoms. The van der Waals surface area contributed by atoms with E-state index in [2.05, 4.69) is 145 Å². The van der Waals surface area contributed by atoms with E-state index in [9.17, 15) is 0 Å². The zero-order valence-electron chi connectivity index (χ0n) is 23.7. The Hall–Kier alpha value is -3.73. The zero-order valence-corrected chi connectivity index (χ0v) is 26.0. The molecule has 2 aliphatic heterocycles. The average molecular weight is 721 g/mol. The number of aromatic nitrogens is 1. The number of para-hydroxylation sites is 1. The number of hydrogen-bond donors (Lipinski definition) is 0. The molecule has 4 aromatic carbocycles. The summed E-state index contributed by atoms with van der Waals surface area (Å²) >= 11 is 0. The van der Waals surface area contributed by atoms with Crippen LogP contribution in [0.15, 0.2) is 85.1 Å². The van der Waals surface area contributed by atoms with E-state index < -0.39 is 0 Å². The van der Waals surface area contributed by atoms with Crippen LogP contribution in [-0.2, 0) is 33.7 Å². The number of benzene rings is 4. The molecule has 0 unspecified atom stereocenters. The Morgan fingerprint density at radius 3 is 2.07 bits per heavy atom. The number of anilines is 5. The molecule has 0 aliphatic carbocycles. The summed E-state index contributed by atoms with van der Waals surface area (Å²) in [6, 6.07) is 34.1. The molecular weight excluding hydrogens is 689 g/mol. The van der Waals surface area contributed by atoms with Gasteiger partial charge in [0.25, 0.3) is 0 Å². The summed E-state index contributed by atoms with van der Waals surface area (Å²) in [7, 11) is 6.26. The van der Waals surface area contributed by atoms with Crippen molar-refractivity contribution in [3.05, 3.63) is 116 Å². The monoisotopic (exact) mass is 720 g/mol. The smallest absolute Gasteiger partial charge is 0.509 e. The fraction of sp³-hybridized carbons (Fsp3) is 0.176. The summed E-state index contributed by atoms with van der Waals surface area (Å²) in [5, 5.41) is 1.23. The van der Waals surface area contributed by atoms with E-state index in [1.807, 2.05) is 24.3 Å². The van der Waals surface area contributed by atoms with Gasteiger partial charge in [0.15, 0.2) is 0 Å². The van der Waals surface area contributed by atoms with Crippen LogP contribution in [-0.4, -0.2) is 23.6 Å². The van der Waals surface area contributed by atoms with Crippen molar-refractivity contribution in [1.82, 2.24) is 9.47 Å². The predicted octanol–water partition coefficient (Wildman–Crippen LogP) is 7.71. The van der Waals surface area contributed by atoms with Crippen LogP contribution in [0.3, 0.4) is 0 Å². The summed E-state index contributed by atoms with van der Waals surface area (Å²) < 4.78 is 8.48. The van der Waals surface area contributed by atoms with Crippen LogP contribution in [0.4, 0.5) is 28.4 Å². The van der Waals surface area contributed by atoms with Gasteiger partial charge in [-0.1, -0.05) is 18.2 Å². The fourth-order valence-corrected chi connectivity index (χ4v) is 5.61. The van der Waals surface area contributed by atoms with E-state index in [1.54, 1.807) is 0 Å². The summed E-state index contributed by atoms with van der Waals surface area (Å²) in [6.07, 6.45) is 2.10. The van der Waals surface area contributed by atoms with Crippen LogP contribution in [0.5, 0.6) is 11.5 Å².